The Morgan fingerprint density at radius 3 is 2.00 bits per heavy atom. The van der Waals surface area contributed by atoms with Gasteiger partial charge in [0.05, 0.1) is 7.11 Å². The number of carbonyl (C=O) groups is 1. The Labute approximate surface area is 228 Å². The van der Waals surface area contributed by atoms with Crippen molar-refractivity contribution in [1.29, 1.82) is 5.41 Å². The van der Waals surface area contributed by atoms with Crippen molar-refractivity contribution < 1.29 is 14.3 Å². The van der Waals surface area contributed by atoms with Crippen LogP contribution < -0.4 is 25.8 Å². The van der Waals surface area contributed by atoms with Crippen LogP contribution in [0.15, 0.2) is 103 Å². The first kappa shape index (κ1) is 28.1. The van der Waals surface area contributed by atoms with E-state index >= 15 is 0 Å². The van der Waals surface area contributed by atoms with E-state index in [-0.39, 0.29) is 18.2 Å². The molecule has 0 saturated heterocycles. The Morgan fingerprint density at radius 2 is 1.45 bits per heavy atom. The summed E-state index contributed by atoms with van der Waals surface area (Å²) in [6.07, 6.45) is 0. The molecule has 0 bridgehead atoms. The zero-order chi connectivity index (χ0) is 26.2. The number of benzene rings is 4. The fourth-order valence-electron chi connectivity index (χ4n) is 4.15. The van der Waals surface area contributed by atoms with Crippen LogP contribution >= 0.6 is 12.4 Å². The third-order valence-corrected chi connectivity index (χ3v) is 6.03. The van der Waals surface area contributed by atoms with Crippen LogP contribution in [-0.2, 0) is 17.9 Å². The molecule has 0 aliphatic heterocycles. The van der Waals surface area contributed by atoms with Crippen LogP contribution in [0.5, 0.6) is 11.5 Å². The first-order chi connectivity index (χ1) is 18.0. The second-order valence-corrected chi connectivity index (χ2v) is 8.56. The average Bonchev–Trinajstić information content (AvgIpc) is 2.93. The first-order valence-corrected chi connectivity index (χ1v) is 11.8. The summed E-state index contributed by atoms with van der Waals surface area (Å²) in [4.78, 5) is 14.9. The van der Waals surface area contributed by atoms with Gasteiger partial charge < -0.3 is 25.8 Å². The van der Waals surface area contributed by atoms with E-state index in [1.54, 1.807) is 31.4 Å². The van der Waals surface area contributed by atoms with Crippen LogP contribution in [0, 0.1) is 5.41 Å². The largest absolute Gasteiger partial charge is 0.493 e. The molecule has 4 rings (SSSR count). The molecule has 0 saturated carbocycles. The Hall–Kier alpha value is -4.49. The molecule has 0 aliphatic rings. The second-order valence-electron chi connectivity index (χ2n) is 8.56. The second kappa shape index (κ2) is 13.2. The van der Waals surface area contributed by atoms with Gasteiger partial charge in [-0.25, -0.2) is 0 Å². The summed E-state index contributed by atoms with van der Waals surface area (Å²) < 4.78 is 11.6. The highest BCUT2D eigenvalue weighted by Gasteiger charge is 2.28. The van der Waals surface area contributed by atoms with Gasteiger partial charge in [-0.1, -0.05) is 66.7 Å². The number of nitrogens with two attached hydrogens (primary N) is 2. The lowest BCUT2D eigenvalue weighted by atomic mass is 10.0. The third kappa shape index (κ3) is 6.83. The van der Waals surface area contributed by atoms with Crippen molar-refractivity contribution in [3.63, 3.8) is 0 Å². The maximum Gasteiger partial charge on any atom is 0.244 e. The Morgan fingerprint density at radius 1 is 0.842 bits per heavy atom. The summed E-state index contributed by atoms with van der Waals surface area (Å²) in [6.45, 7) is 0.820. The van der Waals surface area contributed by atoms with Crippen molar-refractivity contribution in [1.82, 2.24) is 0 Å². The van der Waals surface area contributed by atoms with E-state index in [0.717, 1.165) is 16.8 Å². The van der Waals surface area contributed by atoms with Crippen LogP contribution in [0.4, 0.5) is 5.69 Å². The van der Waals surface area contributed by atoms with Crippen molar-refractivity contribution >= 4 is 29.8 Å². The van der Waals surface area contributed by atoms with Gasteiger partial charge in [0, 0.05) is 17.8 Å². The zero-order valence-electron chi connectivity index (χ0n) is 21.0. The fraction of sp³-hybridized carbons (Fsp3) is 0.133. The van der Waals surface area contributed by atoms with Crippen molar-refractivity contribution in [3.8, 4) is 11.5 Å². The predicted octanol–water partition coefficient (Wildman–Crippen LogP) is 5.21. The van der Waals surface area contributed by atoms with Gasteiger partial charge in [-0.3, -0.25) is 10.2 Å². The van der Waals surface area contributed by atoms with Crippen LogP contribution in [0.1, 0.15) is 28.3 Å². The number of carbonyl (C=O) groups excluding carboxylic acids is 1. The van der Waals surface area contributed by atoms with Crippen LogP contribution in [0.2, 0.25) is 0 Å². The van der Waals surface area contributed by atoms with E-state index in [9.17, 15) is 4.79 Å². The summed E-state index contributed by atoms with van der Waals surface area (Å²) >= 11 is 0. The first-order valence-electron chi connectivity index (χ1n) is 11.8. The summed E-state index contributed by atoms with van der Waals surface area (Å²) in [5, 5.41) is 7.70. The number of rotatable bonds is 11. The van der Waals surface area contributed by atoms with E-state index in [0.29, 0.717) is 35.8 Å². The van der Waals surface area contributed by atoms with Crippen molar-refractivity contribution in [2.24, 2.45) is 11.5 Å². The Kier molecular flexibility index (Phi) is 9.73. The molecule has 0 radical (unpaired) electrons. The zero-order valence-corrected chi connectivity index (χ0v) is 21.9. The number of nitrogens with zero attached hydrogens (tertiary/aromatic N) is 1. The Bertz CT molecular complexity index is 1350. The van der Waals surface area contributed by atoms with Gasteiger partial charge in [-0.05, 0) is 53.1 Å². The van der Waals surface area contributed by atoms with E-state index in [1.165, 1.54) is 0 Å². The van der Waals surface area contributed by atoms with E-state index in [4.69, 9.17) is 26.4 Å². The summed E-state index contributed by atoms with van der Waals surface area (Å²) in [7, 11) is 1.57. The molecule has 0 aliphatic carbocycles. The molecule has 7 nitrogen and oxygen atoms in total. The average molecular weight is 531 g/mol. The van der Waals surface area contributed by atoms with Gasteiger partial charge in [0.15, 0.2) is 11.5 Å². The standard InChI is InChI=1S/C30H30N4O3.ClH/c1-36-27-18-24(14-17-26(27)37-20-22-10-6-3-7-11-22)28(30(33)35)34(19-21-8-4-2-5-9-21)25-15-12-23(13-16-25)29(31)32;/h2-18,28H,19-20H2,1H3,(H3,31,32)(H2,33,35);1H. The highest BCUT2D eigenvalue weighted by Crippen LogP contribution is 2.35. The number of methoxy groups -OCH3 is 1. The van der Waals surface area contributed by atoms with Crippen molar-refractivity contribution in [2.45, 2.75) is 19.2 Å². The number of hydrogen-bond acceptors (Lipinski definition) is 5. The number of anilines is 1. The number of ether oxygens (including phenoxy) is 2. The molecule has 5 N–H and O–H groups in total. The SMILES string of the molecule is COc1cc(C(C(N)=O)N(Cc2ccccc2)c2ccc(C(=N)N)cc2)ccc1OCc1ccccc1.Cl. The molecule has 0 fully saturated rings. The van der Waals surface area contributed by atoms with Crippen LogP contribution in [0.25, 0.3) is 0 Å². The minimum atomic E-state index is -0.791. The van der Waals surface area contributed by atoms with E-state index < -0.39 is 11.9 Å². The molecular formula is C30H31ClN4O3. The fourth-order valence-corrected chi connectivity index (χ4v) is 4.15. The molecule has 1 unspecified atom stereocenters. The smallest absolute Gasteiger partial charge is 0.244 e. The number of amides is 1. The molecule has 38 heavy (non-hydrogen) atoms. The van der Waals surface area contributed by atoms with Gasteiger partial charge in [0.1, 0.15) is 18.5 Å². The third-order valence-electron chi connectivity index (χ3n) is 6.03. The minimum absolute atomic E-state index is 0. The molecule has 1 amide bonds. The lowest BCUT2D eigenvalue weighted by Crippen LogP contribution is -2.37. The van der Waals surface area contributed by atoms with Crippen LogP contribution in [0.3, 0.4) is 0 Å². The van der Waals surface area contributed by atoms with E-state index in [2.05, 4.69) is 0 Å². The van der Waals surface area contributed by atoms with E-state index in [1.807, 2.05) is 83.8 Å². The van der Waals surface area contributed by atoms with Gasteiger partial charge in [-0.15, -0.1) is 12.4 Å². The number of primary amides is 1. The normalized spacial score (nSPS) is 11.1. The molecule has 4 aromatic carbocycles. The van der Waals surface area contributed by atoms with Crippen molar-refractivity contribution in [2.75, 3.05) is 12.0 Å². The summed E-state index contributed by atoms with van der Waals surface area (Å²) in [5.41, 5.74) is 15.7. The lowest BCUT2D eigenvalue weighted by Gasteiger charge is -2.32. The topological polar surface area (TPSA) is 115 Å². The molecule has 8 heteroatoms. The highest BCUT2D eigenvalue weighted by molar-refractivity contribution is 5.95. The van der Waals surface area contributed by atoms with Gasteiger partial charge in [-0.2, -0.15) is 0 Å². The number of nitrogen functional groups attached to an aromatic ring is 1. The highest BCUT2D eigenvalue weighted by atomic mass is 35.5. The summed E-state index contributed by atoms with van der Waals surface area (Å²) in [6, 6.07) is 31.5. The van der Waals surface area contributed by atoms with Crippen molar-refractivity contribution in [3.05, 3.63) is 125 Å². The number of nitrogens with one attached hydrogen (secondary N) is 1. The predicted molar refractivity (Wildman–Crippen MR) is 153 cm³/mol. The molecule has 0 heterocycles. The lowest BCUT2D eigenvalue weighted by molar-refractivity contribution is -0.119. The van der Waals surface area contributed by atoms with Crippen LogP contribution in [-0.4, -0.2) is 18.9 Å². The maximum absolute atomic E-state index is 12.9. The number of amidine groups is 1. The Balaban J connectivity index is 0.00000400. The molecule has 0 spiro atoms. The van der Waals surface area contributed by atoms with Gasteiger partial charge in [0.2, 0.25) is 5.91 Å². The maximum atomic E-state index is 12.9. The summed E-state index contributed by atoms with van der Waals surface area (Å²) in [5.74, 6) is 0.542. The molecule has 4 aromatic rings. The molecule has 1 atom stereocenters. The van der Waals surface area contributed by atoms with Gasteiger partial charge >= 0.3 is 0 Å². The number of halogens is 1. The molecular weight excluding hydrogens is 500 g/mol. The number of hydrogen-bond donors (Lipinski definition) is 3. The minimum Gasteiger partial charge on any atom is -0.493 e. The van der Waals surface area contributed by atoms with Gasteiger partial charge in [0.25, 0.3) is 0 Å². The quantitative estimate of drug-likeness (QED) is 0.182. The molecule has 196 valence electrons. The molecule has 0 aromatic heterocycles. The monoisotopic (exact) mass is 530 g/mol.